The zero-order chi connectivity index (χ0) is 70.1. The van der Waals surface area contributed by atoms with E-state index in [1.54, 1.807) is 78.9 Å². The number of aryl methyl sites for hydroxylation is 3. The molecule has 0 radical (unpaired) electrons. The first kappa shape index (κ1) is 72.0. The number of halogens is 4. The molecule has 6 N–H and O–H groups in total. The van der Waals surface area contributed by atoms with Crippen molar-refractivity contribution < 1.29 is 72.6 Å². The molecule has 486 valence electrons. The van der Waals surface area contributed by atoms with Crippen LogP contribution in [-0.4, -0.2) is 66.5 Å². The minimum atomic E-state index is -1.25. The van der Waals surface area contributed by atoms with Crippen LogP contribution in [0.1, 0.15) is 78.8 Å². The Morgan fingerprint density at radius 3 is 1.04 bits per heavy atom. The average Bonchev–Trinajstić information content (AvgIpc) is 0.891. The zero-order valence-corrected chi connectivity index (χ0v) is 53.0. The van der Waals surface area contributed by atoms with Crippen LogP contribution in [0.15, 0.2) is 285 Å². The molecule has 0 saturated carbocycles. The summed E-state index contributed by atoms with van der Waals surface area (Å²) in [4.78, 5) is 64.6. The number of rotatable bonds is 12. The van der Waals surface area contributed by atoms with Gasteiger partial charge in [-0.05, 0) is 160 Å². The molecule has 12 nitrogen and oxygen atoms in total. The second kappa shape index (κ2) is 35.0. The fourth-order valence-electron chi connectivity index (χ4n) is 9.71. The maximum Gasteiger partial charge on any atom is 0.338 e. The van der Waals surface area contributed by atoms with Crippen LogP contribution in [0, 0.1) is 38.2 Å². The van der Waals surface area contributed by atoms with Crippen LogP contribution in [0.3, 0.4) is 0 Å². The summed E-state index contributed by atoms with van der Waals surface area (Å²) in [5, 5.41) is 53.2. The Labute approximate surface area is 562 Å². The van der Waals surface area contributed by atoms with Gasteiger partial charge in [0.05, 0.1) is 38.4 Å². The van der Waals surface area contributed by atoms with Gasteiger partial charge in [0.15, 0.2) is 0 Å². The van der Waals surface area contributed by atoms with E-state index in [0.29, 0.717) is 33.4 Å². The standard InChI is InChI=1S/C15H14O2.C14H12O2.C13H9ClO2.3C13H9FO2/c1-10-4-3-5-12(8-10)14-7-6-13(15(16)17)9-11(14)2;1-10-9-12(14(15)16)7-8-13(10)11-5-3-2-4-6-11;14-12-8-10(6-7-11(12)13(15)16)9-4-2-1-3-5-9;14-12-10(9-5-2-1-3-6-9)7-4-8-11(12)13(15)16;14-12-7-6-10(8-11(12)13(15)16)9-4-2-1-3-5-9;14-12-8-10(6-7-11(12)13(15)16)9-4-2-1-3-5-9/h3-9H,1-2H3,(H,16,17);2-9H,1H3,(H,15,16);4*1-8H,(H,15,16). The van der Waals surface area contributed by atoms with Gasteiger partial charge in [0.25, 0.3) is 0 Å². The van der Waals surface area contributed by atoms with Gasteiger partial charge < -0.3 is 30.6 Å². The lowest BCUT2D eigenvalue weighted by Gasteiger charge is -2.07. The number of aromatic carboxylic acids is 6. The molecule has 0 aromatic heterocycles. The molecule has 97 heavy (non-hydrogen) atoms. The van der Waals surface area contributed by atoms with Gasteiger partial charge in [0.1, 0.15) is 17.5 Å². The lowest BCUT2D eigenvalue weighted by molar-refractivity contribution is 0.0680. The molecule has 0 unspecified atom stereocenters. The minimum Gasteiger partial charge on any atom is -0.478 e. The summed E-state index contributed by atoms with van der Waals surface area (Å²) < 4.78 is 40.4. The SMILES string of the molecule is Cc1cc(C(=O)O)ccc1-c1ccccc1.Cc1cccc(-c2ccc(C(=O)O)cc2C)c1.O=C(O)c1cc(-c2ccccc2)ccc1F.O=C(O)c1ccc(-c2ccccc2)cc1Cl.O=C(O)c1ccc(-c2ccccc2)cc1F.O=C(O)c1cccc(-c2ccccc2)c1F. The van der Waals surface area contributed by atoms with Gasteiger partial charge in [0.2, 0.25) is 0 Å². The molecule has 0 aliphatic heterocycles. The highest BCUT2D eigenvalue weighted by Crippen LogP contribution is 2.30. The Morgan fingerprint density at radius 2 is 0.639 bits per heavy atom. The van der Waals surface area contributed by atoms with Gasteiger partial charge in [-0.25, -0.2) is 41.9 Å². The molecule has 0 fully saturated rings. The van der Waals surface area contributed by atoms with Crippen molar-refractivity contribution in [2.75, 3.05) is 0 Å². The van der Waals surface area contributed by atoms with Crippen LogP contribution in [-0.2, 0) is 0 Å². The van der Waals surface area contributed by atoms with Crippen molar-refractivity contribution in [2.45, 2.75) is 20.8 Å². The zero-order valence-electron chi connectivity index (χ0n) is 52.3. The molecule has 0 atom stereocenters. The summed E-state index contributed by atoms with van der Waals surface area (Å²) in [6.45, 7) is 5.91. The van der Waals surface area contributed by atoms with Gasteiger partial charge >= 0.3 is 35.8 Å². The van der Waals surface area contributed by atoms with E-state index in [1.807, 2.05) is 178 Å². The molecule has 0 aliphatic carbocycles. The molecular formula is C81H62ClF3O12. The van der Waals surface area contributed by atoms with Gasteiger partial charge in [-0.3, -0.25) is 0 Å². The van der Waals surface area contributed by atoms with E-state index < -0.39 is 53.3 Å². The maximum absolute atomic E-state index is 13.8. The van der Waals surface area contributed by atoms with Gasteiger partial charge in [-0.2, -0.15) is 0 Å². The third kappa shape index (κ3) is 20.5. The molecular weight excluding hydrogens is 1260 g/mol. The summed E-state index contributed by atoms with van der Waals surface area (Å²) in [7, 11) is 0. The van der Waals surface area contributed by atoms with Crippen LogP contribution >= 0.6 is 11.6 Å². The van der Waals surface area contributed by atoms with Crippen molar-refractivity contribution in [3.8, 4) is 66.8 Å². The number of carboxylic acid groups (broad SMARTS) is 6. The molecule has 12 rings (SSSR count). The predicted molar refractivity (Wildman–Crippen MR) is 372 cm³/mol. The van der Waals surface area contributed by atoms with E-state index in [0.717, 1.165) is 55.6 Å². The van der Waals surface area contributed by atoms with Crippen LogP contribution in [0.2, 0.25) is 5.02 Å². The number of carbonyl (C=O) groups is 6. The summed E-state index contributed by atoms with van der Waals surface area (Å²) in [5.41, 5.74) is 13.4. The molecule has 12 aromatic rings. The first-order valence-electron chi connectivity index (χ1n) is 29.6. The topological polar surface area (TPSA) is 224 Å². The van der Waals surface area contributed by atoms with Gasteiger partial charge in [-0.1, -0.05) is 236 Å². The lowest BCUT2D eigenvalue weighted by atomic mass is 9.97. The van der Waals surface area contributed by atoms with E-state index in [2.05, 4.69) is 6.07 Å². The smallest absolute Gasteiger partial charge is 0.338 e. The Bertz CT molecular complexity index is 4610. The lowest BCUT2D eigenvalue weighted by Crippen LogP contribution is -2.01. The van der Waals surface area contributed by atoms with Crippen LogP contribution < -0.4 is 0 Å². The summed E-state index contributed by atoms with van der Waals surface area (Å²) >= 11 is 5.89. The van der Waals surface area contributed by atoms with Crippen LogP contribution in [0.5, 0.6) is 0 Å². The van der Waals surface area contributed by atoms with Crippen molar-refractivity contribution >= 4 is 47.4 Å². The Morgan fingerprint density at radius 1 is 0.268 bits per heavy atom. The average molecular weight is 1320 g/mol. The van der Waals surface area contributed by atoms with E-state index in [4.69, 9.17) is 42.2 Å². The molecule has 0 spiro atoms. The van der Waals surface area contributed by atoms with Crippen LogP contribution in [0.25, 0.3) is 66.8 Å². The normalized spacial score (nSPS) is 10.1. The highest BCUT2D eigenvalue weighted by Gasteiger charge is 2.16. The third-order valence-corrected chi connectivity index (χ3v) is 14.9. The quantitative estimate of drug-likeness (QED) is 0.0672. The van der Waals surface area contributed by atoms with E-state index in [-0.39, 0.29) is 27.3 Å². The summed E-state index contributed by atoms with van der Waals surface area (Å²) in [5.74, 6) is -8.67. The van der Waals surface area contributed by atoms with Crippen molar-refractivity contribution in [1.29, 1.82) is 0 Å². The van der Waals surface area contributed by atoms with Crippen molar-refractivity contribution in [1.82, 2.24) is 0 Å². The highest BCUT2D eigenvalue weighted by atomic mass is 35.5. The Hall–Kier alpha value is -12.5. The van der Waals surface area contributed by atoms with Crippen molar-refractivity contribution in [2.24, 2.45) is 0 Å². The maximum atomic E-state index is 13.8. The monoisotopic (exact) mass is 1320 g/mol. The Balaban J connectivity index is 0.000000164. The van der Waals surface area contributed by atoms with E-state index >= 15 is 0 Å². The van der Waals surface area contributed by atoms with Crippen LogP contribution in [0.4, 0.5) is 13.2 Å². The molecule has 16 heteroatoms. The summed E-state index contributed by atoms with van der Waals surface area (Å²) in [6.07, 6.45) is 0. The molecule has 0 heterocycles. The van der Waals surface area contributed by atoms with Crippen molar-refractivity contribution in [3.05, 3.63) is 358 Å². The number of carboxylic acids is 6. The Kier molecular flexibility index (Phi) is 26.0. The first-order valence-corrected chi connectivity index (χ1v) is 30.0. The van der Waals surface area contributed by atoms with E-state index in [1.165, 1.54) is 48.0 Å². The first-order chi connectivity index (χ1) is 46.5. The highest BCUT2D eigenvalue weighted by molar-refractivity contribution is 6.33. The second-order valence-corrected chi connectivity index (χ2v) is 21.7. The van der Waals surface area contributed by atoms with E-state index in [9.17, 15) is 41.9 Å². The van der Waals surface area contributed by atoms with Gasteiger partial charge in [-0.15, -0.1) is 0 Å². The minimum absolute atomic E-state index is 0.126. The fourth-order valence-corrected chi connectivity index (χ4v) is 9.97. The van der Waals surface area contributed by atoms with Gasteiger partial charge in [0, 0.05) is 5.56 Å². The molecule has 0 aliphatic rings. The van der Waals surface area contributed by atoms with Crippen molar-refractivity contribution in [3.63, 3.8) is 0 Å². The summed E-state index contributed by atoms with van der Waals surface area (Å²) in [6, 6.07) is 83.1. The fraction of sp³-hybridized carbons (Fsp3) is 0.0370. The largest absolute Gasteiger partial charge is 0.478 e. The number of benzene rings is 12. The third-order valence-electron chi connectivity index (χ3n) is 14.6. The second-order valence-electron chi connectivity index (χ2n) is 21.3. The number of hydrogen-bond acceptors (Lipinski definition) is 6. The number of hydrogen-bond donors (Lipinski definition) is 6. The predicted octanol–water partition coefficient (Wildman–Crippen LogP) is 20.3. The molecule has 0 bridgehead atoms. The molecule has 0 amide bonds. The molecule has 12 aromatic carbocycles. The molecule has 0 saturated heterocycles.